The van der Waals surface area contributed by atoms with Gasteiger partial charge in [-0.05, 0) is 54.8 Å². The number of carbonyl (C=O) groups is 1. The molecule has 31 heavy (non-hydrogen) atoms. The number of thioether (sulfide) groups is 1. The van der Waals surface area contributed by atoms with Crippen LogP contribution in [0.4, 0.5) is 0 Å². The zero-order valence-corrected chi connectivity index (χ0v) is 20.3. The van der Waals surface area contributed by atoms with E-state index in [-0.39, 0.29) is 16.7 Å². The molecule has 1 saturated heterocycles. The smallest absolute Gasteiger partial charge is 0.308 e. The van der Waals surface area contributed by atoms with Gasteiger partial charge in [-0.3, -0.25) is 4.79 Å². The molecular weight excluding hydrogens is 454 g/mol. The van der Waals surface area contributed by atoms with Crippen molar-refractivity contribution < 1.29 is 18.3 Å². The first-order valence-electron chi connectivity index (χ1n) is 10.3. The van der Waals surface area contributed by atoms with Crippen LogP contribution < -0.4 is 0 Å². The summed E-state index contributed by atoms with van der Waals surface area (Å²) in [5.74, 6) is -0.484. The lowest BCUT2D eigenvalue weighted by molar-refractivity contribution is -0.143. The number of halogens is 1. The van der Waals surface area contributed by atoms with E-state index < -0.39 is 28.0 Å². The normalized spacial score (nSPS) is 22.5. The zero-order valence-electron chi connectivity index (χ0n) is 17.9. The Bertz CT molecular complexity index is 1010. The van der Waals surface area contributed by atoms with Crippen LogP contribution in [0.5, 0.6) is 0 Å². The lowest BCUT2D eigenvalue weighted by Gasteiger charge is -2.42. The van der Waals surface area contributed by atoms with Crippen molar-refractivity contribution in [3.63, 3.8) is 0 Å². The molecule has 0 amide bonds. The summed E-state index contributed by atoms with van der Waals surface area (Å²) in [4.78, 5) is 12.3. The SMILES string of the molecule is Cc1ccc(S(=O)(=O)N2C[C@@H](C(=O)O)[C@H](SCC(C)C)C[C@H]2c2ccc(Cl)cc2)cc1. The zero-order chi connectivity index (χ0) is 22.8. The Kier molecular flexibility index (Phi) is 7.73. The number of nitrogens with zero attached hydrogens (tertiary/aromatic N) is 1. The molecule has 0 aromatic heterocycles. The second-order valence-corrected chi connectivity index (χ2v) is 12.0. The van der Waals surface area contributed by atoms with E-state index in [0.717, 1.165) is 16.9 Å². The highest BCUT2D eigenvalue weighted by Gasteiger charge is 2.45. The summed E-state index contributed by atoms with van der Waals surface area (Å²) in [5.41, 5.74) is 1.78. The number of aryl methyl sites for hydroxylation is 1. The summed E-state index contributed by atoms with van der Waals surface area (Å²) in [5, 5.41) is 10.3. The molecule has 8 heteroatoms. The number of benzene rings is 2. The van der Waals surface area contributed by atoms with Gasteiger partial charge in [-0.25, -0.2) is 8.42 Å². The van der Waals surface area contributed by atoms with E-state index in [9.17, 15) is 18.3 Å². The Morgan fingerprint density at radius 2 is 1.77 bits per heavy atom. The predicted octanol–water partition coefficient (Wildman–Crippen LogP) is 5.24. The van der Waals surface area contributed by atoms with Crippen molar-refractivity contribution in [3.8, 4) is 0 Å². The molecule has 0 unspecified atom stereocenters. The van der Waals surface area contributed by atoms with Crippen molar-refractivity contribution in [3.05, 3.63) is 64.7 Å². The molecule has 0 saturated carbocycles. The molecular formula is C23H28ClNO4S2. The summed E-state index contributed by atoms with van der Waals surface area (Å²) >= 11 is 7.68. The quantitative estimate of drug-likeness (QED) is 0.585. The number of carboxylic acids is 1. The molecule has 1 N–H and O–H groups in total. The van der Waals surface area contributed by atoms with Gasteiger partial charge in [0.2, 0.25) is 10.0 Å². The van der Waals surface area contributed by atoms with Gasteiger partial charge in [0.05, 0.1) is 16.9 Å². The molecule has 0 spiro atoms. The minimum Gasteiger partial charge on any atom is -0.481 e. The number of hydrogen-bond donors (Lipinski definition) is 1. The van der Waals surface area contributed by atoms with Crippen LogP contribution in [0.1, 0.15) is 37.4 Å². The van der Waals surface area contributed by atoms with Crippen molar-refractivity contribution in [2.45, 2.75) is 43.4 Å². The molecule has 2 aromatic rings. The molecule has 0 radical (unpaired) electrons. The topological polar surface area (TPSA) is 74.7 Å². The minimum atomic E-state index is -3.88. The Hall–Kier alpha value is -1.54. The number of piperidine rings is 1. The van der Waals surface area contributed by atoms with Crippen LogP contribution in [0.3, 0.4) is 0 Å². The first-order chi connectivity index (χ1) is 14.6. The van der Waals surface area contributed by atoms with Crippen molar-refractivity contribution in [1.29, 1.82) is 0 Å². The first-order valence-corrected chi connectivity index (χ1v) is 13.1. The highest BCUT2D eigenvalue weighted by molar-refractivity contribution is 7.99. The number of carboxylic acid groups (broad SMARTS) is 1. The van der Waals surface area contributed by atoms with Crippen LogP contribution in [0.15, 0.2) is 53.4 Å². The summed E-state index contributed by atoms with van der Waals surface area (Å²) in [6.07, 6.45) is 0.432. The Morgan fingerprint density at radius 3 is 2.32 bits per heavy atom. The highest BCUT2D eigenvalue weighted by Crippen LogP contribution is 2.42. The molecule has 0 bridgehead atoms. The van der Waals surface area contributed by atoms with Crippen molar-refractivity contribution in [2.24, 2.45) is 11.8 Å². The molecule has 1 aliphatic heterocycles. The van der Waals surface area contributed by atoms with Gasteiger partial charge in [0.15, 0.2) is 0 Å². The molecule has 1 heterocycles. The van der Waals surface area contributed by atoms with E-state index in [1.807, 2.05) is 19.1 Å². The summed E-state index contributed by atoms with van der Waals surface area (Å²) in [7, 11) is -3.88. The monoisotopic (exact) mass is 481 g/mol. The third-order valence-electron chi connectivity index (χ3n) is 5.47. The predicted molar refractivity (Wildman–Crippen MR) is 126 cm³/mol. The Balaban J connectivity index is 2.03. The van der Waals surface area contributed by atoms with Crippen LogP contribution >= 0.6 is 23.4 Å². The van der Waals surface area contributed by atoms with Crippen molar-refractivity contribution in [1.82, 2.24) is 4.31 Å². The third kappa shape index (κ3) is 5.64. The Labute approximate surface area is 193 Å². The van der Waals surface area contributed by atoms with Gasteiger partial charge in [-0.1, -0.05) is 55.3 Å². The standard InChI is InChI=1S/C23H28ClNO4S2/c1-15(2)14-30-22-12-21(17-6-8-18(24)9-7-17)25(13-20(22)23(26)27)31(28,29)19-10-4-16(3)5-11-19/h4-11,15,20-22H,12-14H2,1-3H3,(H,26,27)/t20-,21+,22-/m1/s1. The number of hydrogen-bond acceptors (Lipinski definition) is 4. The first kappa shape index (κ1) is 24.1. The van der Waals surface area contributed by atoms with Gasteiger partial charge < -0.3 is 5.11 Å². The summed E-state index contributed by atoms with van der Waals surface area (Å²) < 4.78 is 28.5. The molecule has 168 valence electrons. The minimum absolute atomic E-state index is 0.0609. The molecule has 2 aromatic carbocycles. The second-order valence-electron chi connectivity index (χ2n) is 8.40. The van der Waals surface area contributed by atoms with E-state index in [1.165, 1.54) is 4.31 Å². The van der Waals surface area contributed by atoms with Gasteiger partial charge >= 0.3 is 5.97 Å². The number of rotatable bonds is 7. The maximum absolute atomic E-state index is 13.6. The lowest BCUT2D eigenvalue weighted by Crippen LogP contribution is -2.49. The highest BCUT2D eigenvalue weighted by atomic mass is 35.5. The fourth-order valence-electron chi connectivity index (χ4n) is 3.78. The molecule has 1 aliphatic rings. The van der Waals surface area contributed by atoms with Gasteiger partial charge in [0.1, 0.15) is 0 Å². The largest absolute Gasteiger partial charge is 0.481 e. The maximum atomic E-state index is 13.6. The van der Waals surface area contributed by atoms with Crippen LogP contribution in [0, 0.1) is 18.8 Å². The third-order valence-corrected chi connectivity index (χ3v) is 9.42. The van der Waals surface area contributed by atoms with Crippen LogP contribution in [-0.4, -0.2) is 41.3 Å². The molecule has 3 atom stereocenters. The average molecular weight is 482 g/mol. The summed E-state index contributed by atoms with van der Waals surface area (Å²) in [6, 6.07) is 13.4. The number of sulfonamides is 1. The van der Waals surface area contributed by atoms with E-state index in [4.69, 9.17) is 11.6 Å². The van der Waals surface area contributed by atoms with E-state index >= 15 is 0 Å². The molecule has 0 aliphatic carbocycles. The van der Waals surface area contributed by atoms with Gasteiger partial charge in [-0.15, -0.1) is 0 Å². The number of aliphatic carboxylic acids is 1. The van der Waals surface area contributed by atoms with Crippen LogP contribution in [-0.2, 0) is 14.8 Å². The van der Waals surface area contributed by atoms with Crippen molar-refractivity contribution in [2.75, 3.05) is 12.3 Å². The lowest BCUT2D eigenvalue weighted by atomic mass is 9.90. The average Bonchev–Trinajstić information content (AvgIpc) is 2.72. The fourth-order valence-corrected chi connectivity index (χ4v) is 6.94. The van der Waals surface area contributed by atoms with Gasteiger partial charge in [0, 0.05) is 16.8 Å². The molecule has 3 rings (SSSR count). The van der Waals surface area contributed by atoms with Crippen LogP contribution in [0.2, 0.25) is 5.02 Å². The molecule has 1 fully saturated rings. The van der Waals surface area contributed by atoms with Gasteiger partial charge in [0.25, 0.3) is 0 Å². The van der Waals surface area contributed by atoms with Gasteiger partial charge in [-0.2, -0.15) is 16.1 Å². The second kappa shape index (κ2) is 9.94. The van der Waals surface area contributed by atoms with Crippen molar-refractivity contribution >= 4 is 39.4 Å². The maximum Gasteiger partial charge on any atom is 0.308 e. The van der Waals surface area contributed by atoms with E-state index in [2.05, 4.69) is 13.8 Å². The fraction of sp³-hybridized carbons (Fsp3) is 0.435. The van der Waals surface area contributed by atoms with E-state index in [0.29, 0.717) is 17.4 Å². The summed E-state index contributed by atoms with van der Waals surface area (Å²) in [6.45, 7) is 6.02. The Morgan fingerprint density at radius 1 is 1.16 bits per heavy atom. The van der Waals surface area contributed by atoms with E-state index in [1.54, 1.807) is 48.2 Å². The van der Waals surface area contributed by atoms with Crippen LogP contribution in [0.25, 0.3) is 0 Å². The molecule has 5 nitrogen and oxygen atoms in total.